The van der Waals surface area contributed by atoms with Gasteiger partial charge < -0.3 is 5.32 Å². The monoisotopic (exact) mass is 465 g/mol. The quantitative estimate of drug-likeness (QED) is 0.294. The van der Waals surface area contributed by atoms with E-state index in [9.17, 15) is 0 Å². The van der Waals surface area contributed by atoms with Crippen molar-refractivity contribution in [2.45, 2.75) is 24.6 Å². The lowest BCUT2D eigenvalue weighted by atomic mass is 10.0. The van der Waals surface area contributed by atoms with Gasteiger partial charge in [0.1, 0.15) is 0 Å². The summed E-state index contributed by atoms with van der Waals surface area (Å²) in [6.07, 6.45) is 5.46. The Bertz CT molecular complexity index is 1180. The Morgan fingerprint density at radius 2 is 1.77 bits per heavy atom. The molecule has 4 heteroatoms. The summed E-state index contributed by atoms with van der Waals surface area (Å²) >= 11 is 19.6. The SMILES string of the molecule is C#Cc1ccc(-c2cc(NC(=C)C3C(c4cc(C)cc(Cl)c4)C3(C)Cl)ccc2Cl)cc1. The van der Waals surface area contributed by atoms with Crippen LogP contribution in [0.25, 0.3) is 11.1 Å². The molecule has 0 saturated heterocycles. The third-order valence-electron chi connectivity index (χ3n) is 5.87. The van der Waals surface area contributed by atoms with Crippen molar-refractivity contribution < 1.29 is 0 Å². The Morgan fingerprint density at radius 1 is 1.06 bits per heavy atom. The molecule has 0 radical (unpaired) electrons. The van der Waals surface area contributed by atoms with Crippen molar-refractivity contribution in [3.8, 4) is 23.5 Å². The molecule has 0 heterocycles. The molecule has 31 heavy (non-hydrogen) atoms. The summed E-state index contributed by atoms with van der Waals surface area (Å²) in [5, 5.41) is 4.84. The van der Waals surface area contributed by atoms with Crippen LogP contribution in [0.1, 0.15) is 29.5 Å². The van der Waals surface area contributed by atoms with Gasteiger partial charge in [0.15, 0.2) is 0 Å². The first-order valence-electron chi connectivity index (χ1n) is 9.99. The molecule has 0 aliphatic heterocycles. The standard InChI is InChI=1S/C27H22Cl3N/c1-5-18-6-8-19(9-7-18)23-15-22(10-11-24(23)29)31-17(3)25-26(27(25,4)30)20-12-16(2)13-21(28)14-20/h1,6-15,25-26,31H,3H2,2,4H3. The van der Waals surface area contributed by atoms with E-state index < -0.39 is 4.87 Å². The molecular weight excluding hydrogens is 445 g/mol. The van der Waals surface area contributed by atoms with Gasteiger partial charge >= 0.3 is 0 Å². The van der Waals surface area contributed by atoms with Crippen molar-refractivity contribution in [2.24, 2.45) is 5.92 Å². The fourth-order valence-corrected chi connectivity index (χ4v) is 5.29. The zero-order valence-corrected chi connectivity index (χ0v) is 19.6. The van der Waals surface area contributed by atoms with Crippen LogP contribution in [0.4, 0.5) is 5.69 Å². The Hall–Kier alpha value is -2.37. The minimum Gasteiger partial charge on any atom is -0.359 e. The highest BCUT2D eigenvalue weighted by molar-refractivity contribution is 6.33. The smallest absolute Gasteiger partial charge is 0.0582 e. The first-order chi connectivity index (χ1) is 14.7. The number of alkyl halides is 1. The van der Waals surface area contributed by atoms with Gasteiger partial charge in [-0.15, -0.1) is 18.0 Å². The number of allylic oxidation sites excluding steroid dienone is 1. The zero-order chi connectivity index (χ0) is 22.3. The van der Waals surface area contributed by atoms with E-state index in [1.54, 1.807) is 0 Å². The largest absolute Gasteiger partial charge is 0.359 e. The molecule has 1 aliphatic rings. The molecule has 3 unspecified atom stereocenters. The molecule has 1 saturated carbocycles. The number of hydrogen-bond donors (Lipinski definition) is 1. The second kappa shape index (κ2) is 8.29. The molecular formula is C27H22Cl3N. The number of benzene rings is 3. The summed E-state index contributed by atoms with van der Waals surface area (Å²) in [7, 11) is 0. The third-order valence-corrected chi connectivity index (χ3v) is 6.89. The highest BCUT2D eigenvalue weighted by Gasteiger charge is 2.62. The maximum Gasteiger partial charge on any atom is 0.0582 e. The molecule has 1 nitrogen and oxygen atoms in total. The fraction of sp³-hybridized carbons (Fsp3) is 0.185. The second-order valence-corrected chi connectivity index (χ2v) is 9.89. The molecule has 0 spiro atoms. The van der Waals surface area contributed by atoms with Gasteiger partial charge in [-0.3, -0.25) is 0 Å². The van der Waals surface area contributed by atoms with Crippen LogP contribution in [0.15, 0.2) is 72.9 Å². The number of nitrogens with one attached hydrogen (secondary N) is 1. The van der Waals surface area contributed by atoms with Gasteiger partial charge in [-0.25, -0.2) is 0 Å². The normalized spacial score (nSPS) is 21.9. The van der Waals surface area contributed by atoms with E-state index in [0.29, 0.717) is 5.02 Å². The number of halogens is 3. The van der Waals surface area contributed by atoms with E-state index in [2.05, 4.69) is 23.9 Å². The lowest BCUT2D eigenvalue weighted by molar-refractivity contribution is 0.899. The second-order valence-electron chi connectivity index (χ2n) is 8.24. The van der Waals surface area contributed by atoms with Gasteiger partial charge in [0.25, 0.3) is 0 Å². The third kappa shape index (κ3) is 4.35. The average Bonchev–Trinajstić information content (AvgIpc) is 3.31. The Kier molecular flexibility index (Phi) is 5.84. The van der Waals surface area contributed by atoms with Gasteiger partial charge in [-0.05, 0) is 73.0 Å². The Morgan fingerprint density at radius 3 is 2.42 bits per heavy atom. The molecule has 1 fully saturated rings. The highest BCUT2D eigenvalue weighted by atomic mass is 35.5. The first kappa shape index (κ1) is 21.8. The van der Waals surface area contributed by atoms with Crippen molar-refractivity contribution in [3.05, 3.63) is 99.7 Å². The Balaban J connectivity index is 1.57. The lowest BCUT2D eigenvalue weighted by Crippen LogP contribution is -2.05. The first-order valence-corrected chi connectivity index (χ1v) is 11.1. The van der Waals surface area contributed by atoms with Crippen LogP contribution in [0.5, 0.6) is 0 Å². The van der Waals surface area contributed by atoms with Crippen LogP contribution in [-0.4, -0.2) is 4.87 Å². The number of anilines is 1. The molecule has 3 aromatic carbocycles. The molecule has 1 N–H and O–H groups in total. The lowest BCUT2D eigenvalue weighted by Gasteiger charge is -2.13. The van der Waals surface area contributed by atoms with Crippen LogP contribution in [-0.2, 0) is 0 Å². The molecule has 1 aliphatic carbocycles. The number of terminal acetylenes is 1. The summed E-state index contributed by atoms with van der Waals surface area (Å²) in [6.45, 7) is 8.38. The molecule has 4 rings (SSSR count). The van der Waals surface area contributed by atoms with Gasteiger partial charge in [-0.2, -0.15) is 0 Å². The highest BCUT2D eigenvalue weighted by Crippen LogP contribution is 2.64. The van der Waals surface area contributed by atoms with Crippen LogP contribution in [0, 0.1) is 25.2 Å². The maximum absolute atomic E-state index is 6.87. The van der Waals surface area contributed by atoms with Gasteiger partial charge in [0.2, 0.25) is 0 Å². The average molecular weight is 467 g/mol. The van der Waals surface area contributed by atoms with Gasteiger partial charge in [-0.1, -0.05) is 53.9 Å². The summed E-state index contributed by atoms with van der Waals surface area (Å²) in [5.74, 6) is 2.86. The number of hydrogen-bond acceptors (Lipinski definition) is 1. The van der Waals surface area contributed by atoms with E-state index in [4.69, 9.17) is 41.2 Å². The molecule has 3 atom stereocenters. The number of rotatable bonds is 5. The van der Waals surface area contributed by atoms with E-state index in [0.717, 1.165) is 44.2 Å². The van der Waals surface area contributed by atoms with Crippen molar-refractivity contribution in [2.75, 3.05) is 5.32 Å². The zero-order valence-electron chi connectivity index (χ0n) is 17.3. The van der Waals surface area contributed by atoms with Crippen molar-refractivity contribution in [1.29, 1.82) is 0 Å². The summed E-state index contributed by atoms with van der Waals surface area (Å²) < 4.78 is 0. The predicted molar refractivity (Wildman–Crippen MR) is 134 cm³/mol. The summed E-state index contributed by atoms with van der Waals surface area (Å²) in [6, 6.07) is 19.7. The summed E-state index contributed by atoms with van der Waals surface area (Å²) in [5.41, 5.74) is 6.80. The van der Waals surface area contributed by atoms with E-state index in [1.165, 1.54) is 0 Å². The van der Waals surface area contributed by atoms with Gasteiger partial charge in [0, 0.05) is 44.4 Å². The van der Waals surface area contributed by atoms with Gasteiger partial charge in [0.05, 0.1) is 4.87 Å². The van der Waals surface area contributed by atoms with Crippen LogP contribution >= 0.6 is 34.8 Å². The minimum absolute atomic E-state index is 0.0843. The van der Waals surface area contributed by atoms with Crippen molar-refractivity contribution >= 4 is 40.5 Å². The number of aryl methyl sites for hydroxylation is 1. The van der Waals surface area contributed by atoms with Crippen molar-refractivity contribution in [1.82, 2.24) is 0 Å². The topological polar surface area (TPSA) is 12.0 Å². The molecule has 156 valence electrons. The molecule has 0 bridgehead atoms. The van der Waals surface area contributed by atoms with Crippen LogP contribution in [0.2, 0.25) is 10.0 Å². The van der Waals surface area contributed by atoms with E-state index in [1.807, 2.05) is 68.4 Å². The molecule has 0 amide bonds. The van der Waals surface area contributed by atoms with Crippen molar-refractivity contribution in [3.63, 3.8) is 0 Å². The molecule has 3 aromatic rings. The minimum atomic E-state index is -0.415. The fourth-order valence-electron chi connectivity index (χ4n) is 4.32. The summed E-state index contributed by atoms with van der Waals surface area (Å²) in [4.78, 5) is -0.415. The molecule has 0 aromatic heterocycles. The Labute approximate surface area is 199 Å². The van der Waals surface area contributed by atoms with Crippen LogP contribution < -0.4 is 5.32 Å². The van der Waals surface area contributed by atoms with Crippen LogP contribution in [0.3, 0.4) is 0 Å². The maximum atomic E-state index is 6.87. The van der Waals surface area contributed by atoms with E-state index >= 15 is 0 Å². The van der Waals surface area contributed by atoms with E-state index in [-0.39, 0.29) is 11.8 Å². The predicted octanol–water partition coefficient (Wildman–Crippen LogP) is 8.29.